The SMILES string of the molecule is CCCNC(=S)Nc1nc(OC)cc(C(F)(F)F)n1. The van der Waals surface area contributed by atoms with Crippen LogP contribution in [0.15, 0.2) is 6.07 Å². The molecule has 0 saturated heterocycles. The van der Waals surface area contributed by atoms with E-state index in [1.54, 1.807) is 0 Å². The highest BCUT2D eigenvalue weighted by Crippen LogP contribution is 2.30. The number of ether oxygens (including phenoxy) is 1. The van der Waals surface area contributed by atoms with Gasteiger partial charge in [-0.05, 0) is 18.6 Å². The Bertz CT molecular complexity index is 453. The number of halogens is 3. The molecule has 19 heavy (non-hydrogen) atoms. The van der Waals surface area contributed by atoms with E-state index < -0.39 is 11.9 Å². The molecule has 0 atom stereocenters. The molecule has 1 rings (SSSR count). The summed E-state index contributed by atoms with van der Waals surface area (Å²) in [6, 6.07) is 0.716. The quantitative estimate of drug-likeness (QED) is 0.830. The predicted molar refractivity (Wildman–Crippen MR) is 68.1 cm³/mol. The highest BCUT2D eigenvalue weighted by atomic mass is 32.1. The molecule has 0 fully saturated rings. The minimum Gasteiger partial charge on any atom is -0.481 e. The second kappa shape index (κ2) is 6.50. The van der Waals surface area contributed by atoms with Gasteiger partial charge in [0, 0.05) is 12.6 Å². The number of hydrogen-bond acceptors (Lipinski definition) is 4. The third-order valence-corrected chi connectivity index (χ3v) is 2.21. The fraction of sp³-hybridized carbons (Fsp3) is 0.500. The van der Waals surface area contributed by atoms with Crippen LogP contribution >= 0.6 is 12.2 Å². The van der Waals surface area contributed by atoms with Crippen LogP contribution in [0.1, 0.15) is 19.0 Å². The fourth-order valence-corrected chi connectivity index (χ4v) is 1.31. The zero-order chi connectivity index (χ0) is 14.5. The molecule has 0 radical (unpaired) electrons. The number of nitrogens with one attached hydrogen (secondary N) is 2. The smallest absolute Gasteiger partial charge is 0.433 e. The van der Waals surface area contributed by atoms with Crippen molar-refractivity contribution in [3.8, 4) is 5.88 Å². The van der Waals surface area contributed by atoms with Crippen LogP contribution in [-0.4, -0.2) is 28.7 Å². The average Bonchev–Trinajstić information content (AvgIpc) is 2.34. The van der Waals surface area contributed by atoms with Crippen molar-refractivity contribution >= 4 is 23.3 Å². The van der Waals surface area contributed by atoms with Crippen molar-refractivity contribution in [2.45, 2.75) is 19.5 Å². The van der Waals surface area contributed by atoms with E-state index in [-0.39, 0.29) is 16.9 Å². The van der Waals surface area contributed by atoms with Crippen molar-refractivity contribution in [3.63, 3.8) is 0 Å². The molecule has 0 aromatic carbocycles. The first-order valence-corrected chi connectivity index (χ1v) is 5.82. The van der Waals surface area contributed by atoms with E-state index in [9.17, 15) is 13.2 Å². The maximum Gasteiger partial charge on any atom is 0.433 e. The van der Waals surface area contributed by atoms with Crippen LogP contribution in [0.3, 0.4) is 0 Å². The van der Waals surface area contributed by atoms with Crippen LogP contribution in [0.4, 0.5) is 19.1 Å². The third kappa shape index (κ3) is 4.86. The topological polar surface area (TPSA) is 59.1 Å². The lowest BCUT2D eigenvalue weighted by molar-refractivity contribution is -0.141. The van der Waals surface area contributed by atoms with E-state index in [0.29, 0.717) is 12.6 Å². The molecule has 9 heteroatoms. The summed E-state index contributed by atoms with van der Waals surface area (Å²) >= 11 is 4.89. The van der Waals surface area contributed by atoms with Crippen molar-refractivity contribution in [2.24, 2.45) is 0 Å². The van der Waals surface area contributed by atoms with E-state index in [2.05, 4.69) is 20.6 Å². The van der Waals surface area contributed by atoms with Gasteiger partial charge < -0.3 is 15.4 Å². The summed E-state index contributed by atoms with van der Waals surface area (Å²) < 4.78 is 42.5. The van der Waals surface area contributed by atoms with Crippen molar-refractivity contribution in [1.29, 1.82) is 0 Å². The van der Waals surface area contributed by atoms with E-state index in [1.807, 2.05) is 6.92 Å². The summed E-state index contributed by atoms with van der Waals surface area (Å²) in [7, 11) is 1.22. The summed E-state index contributed by atoms with van der Waals surface area (Å²) in [5.41, 5.74) is -1.10. The molecule has 1 heterocycles. The fourth-order valence-electron chi connectivity index (χ4n) is 1.11. The molecule has 0 spiro atoms. The minimum atomic E-state index is -4.58. The minimum absolute atomic E-state index is 0.156. The Morgan fingerprint density at radius 1 is 1.42 bits per heavy atom. The number of alkyl halides is 3. The highest BCUT2D eigenvalue weighted by molar-refractivity contribution is 7.80. The molecule has 0 amide bonds. The van der Waals surface area contributed by atoms with Gasteiger partial charge in [-0.1, -0.05) is 6.92 Å². The van der Waals surface area contributed by atoms with E-state index in [4.69, 9.17) is 17.0 Å². The van der Waals surface area contributed by atoms with Gasteiger partial charge >= 0.3 is 6.18 Å². The van der Waals surface area contributed by atoms with Crippen LogP contribution in [0.25, 0.3) is 0 Å². The molecule has 106 valence electrons. The van der Waals surface area contributed by atoms with Gasteiger partial charge in [0.15, 0.2) is 10.8 Å². The van der Waals surface area contributed by atoms with Gasteiger partial charge in [0.2, 0.25) is 11.8 Å². The Morgan fingerprint density at radius 2 is 2.11 bits per heavy atom. The summed E-state index contributed by atoms with van der Waals surface area (Å²) in [4.78, 5) is 7.09. The first kappa shape index (κ1) is 15.4. The zero-order valence-corrected chi connectivity index (χ0v) is 11.2. The molecule has 1 aromatic heterocycles. The van der Waals surface area contributed by atoms with E-state index in [1.165, 1.54) is 7.11 Å². The van der Waals surface area contributed by atoms with Crippen LogP contribution < -0.4 is 15.4 Å². The van der Waals surface area contributed by atoms with Crippen LogP contribution in [0.5, 0.6) is 5.88 Å². The number of thiocarbonyl (C=S) groups is 1. The predicted octanol–water partition coefficient (Wildman–Crippen LogP) is 2.20. The number of hydrogen-bond donors (Lipinski definition) is 2. The molecule has 0 saturated carbocycles. The van der Waals surface area contributed by atoms with E-state index in [0.717, 1.165) is 6.42 Å². The Morgan fingerprint density at radius 3 is 2.63 bits per heavy atom. The van der Waals surface area contributed by atoms with Gasteiger partial charge in [-0.2, -0.15) is 18.2 Å². The third-order valence-electron chi connectivity index (χ3n) is 1.96. The summed E-state index contributed by atoms with van der Waals surface area (Å²) in [5.74, 6) is -0.455. The monoisotopic (exact) mass is 294 g/mol. The lowest BCUT2D eigenvalue weighted by Gasteiger charge is -2.12. The van der Waals surface area contributed by atoms with Gasteiger partial charge in [0.25, 0.3) is 0 Å². The molecule has 0 aliphatic heterocycles. The summed E-state index contributed by atoms with van der Waals surface area (Å²) in [6.07, 6.45) is -3.75. The Labute approximate surface area is 113 Å². The lowest BCUT2D eigenvalue weighted by Crippen LogP contribution is -2.30. The molecule has 0 bridgehead atoms. The normalized spacial score (nSPS) is 11.0. The largest absolute Gasteiger partial charge is 0.481 e. The standard InChI is InChI=1S/C10H13F3N4OS/c1-3-4-14-9(19)17-8-15-6(10(11,12)13)5-7(16-8)18-2/h5H,3-4H2,1-2H3,(H2,14,15,16,17,19). The zero-order valence-electron chi connectivity index (χ0n) is 10.3. The second-order valence-corrected chi connectivity index (χ2v) is 3.91. The molecule has 0 aliphatic carbocycles. The van der Waals surface area contributed by atoms with Crippen molar-refractivity contribution in [1.82, 2.24) is 15.3 Å². The number of nitrogens with zero attached hydrogens (tertiary/aromatic N) is 2. The summed E-state index contributed by atoms with van der Waals surface area (Å²) in [5, 5.41) is 5.43. The van der Waals surface area contributed by atoms with Gasteiger partial charge in [0.05, 0.1) is 7.11 Å². The van der Waals surface area contributed by atoms with Gasteiger partial charge in [-0.25, -0.2) is 4.98 Å². The first-order valence-electron chi connectivity index (χ1n) is 5.42. The molecular weight excluding hydrogens is 281 g/mol. The van der Waals surface area contributed by atoms with Crippen LogP contribution in [-0.2, 0) is 6.18 Å². The number of rotatable bonds is 4. The van der Waals surface area contributed by atoms with Gasteiger partial charge in [-0.15, -0.1) is 0 Å². The number of anilines is 1. The maximum atomic E-state index is 12.6. The van der Waals surface area contributed by atoms with Crippen molar-refractivity contribution in [2.75, 3.05) is 19.0 Å². The number of methoxy groups -OCH3 is 1. The molecular formula is C10H13F3N4OS. The van der Waals surface area contributed by atoms with Gasteiger partial charge in [-0.3, -0.25) is 0 Å². The highest BCUT2D eigenvalue weighted by Gasteiger charge is 2.34. The Hall–Kier alpha value is -1.64. The molecule has 0 unspecified atom stereocenters. The molecule has 1 aromatic rings. The number of aromatic nitrogens is 2. The molecule has 5 nitrogen and oxygen atoms in total. The van der Waals surface area contributed by atoms with Crippen molar-refractivity contribution in [3.05, 3.63) is 11.8 Å². The average molecular weight is 294 g/mol. The second-order valence-electron chi connectivity index (χ2n) is 3.50. The first-order chi connectivity index (χ1) is 8.86. The molecule has 0 aliphatic rings. The Kier molecular flexibility index (Phi) is 5.28. The Balaban J connectivity index is 2.91. The summed E-state index contributed by atoms with van der Waals surface area (Å²) in [6.45, 7) is 2.53. The molecule has 2 N–H and O–H groups in total. The maximum absolute atomic E-state index is 12.6. The van der Waals surface area contributed by atoms with E-state index >= 15 is 0 Å². The van der Waals surface area contributed by atoms with Crippen LogP contribution in [0.2, 0.25) is 0 Å². The lowest BCUT2D eigenvalue weighted by atomic mass is 10.4. The van der Waals surface area contributed by atoms with Crippen molar-refractivity contribution < 1.29 is 17.9 Å². The van der Waals surface area contributed by atoms with Crippen LogP contribution in [0, 0.1) is 0 Å². The van der Waals surface area contributed by atoms with Gasteiger partial charge in [0.1, 0.15) is 0 Å².